The third-order valence-corrected chi connectivity index (χ3v) is 3.92. The molecule has 1 aromatic carbocycles. The molecule has 0 saturated heterocycles. The fraction of sp³-hybridized carbons (Fsp3) is 0.222. The second-order valence-corrected chi connectivity index (χ2v) is 5.17. The molecule has 3 rings (SSSR count). The minimum atomic E-state index is 0.546. The zero-order chi connectivity index (χ0) is 13.2. The molecular weight excluding hydrogens is 230 g/mol. The Hall–Kier alpha value is -2.20. The first-order valence-electron chi connectivity index (χ1n) is 6.65. The van der Waals surface area contributed by atoms with Crippen molar-refractivity contribution in [3.63, 3.8) is 0 Å². The van der Waals surface area contributed by atoms with E-state index in [1.165, 1.54) is 16.7 Å². The van der Waals surface area contributed by atoms with Crippen molar-refractivity contribution in [3.05, 3.63) is 65.5 Å². The van der Waals surface area contributed by atoms with E-state index in [0.29, 0.717) is 6.04 Å². The predicted octanol–water partition coefficient (Wildman–Crippen LogP) is 3.86. The molecule has 0 radical (unpaired) electrons. The summed E-state index contributed by atoms with van der Waals surface area (Å²) in [6.07, 6.45) is 13.8. The summed E-state index contributed by atoms with van der Waals surface area (Å²) in [7, 11) is 0. The summed E-state index contributed by atoms with van der Waals surface area (Å²) in [6.45, 7) is 2.06. The normalized spacial score (nSPS) is 15.3. The van der Waals surface area contributed by atoms with Gasteiger partial charge in [-0.25, -0.2) is 0 Å². The van der Waals surface area contributed by atoms with Gasteiger partial charge in [-0.2, -0.15) is 0 Å². The van der Waals surface area contributed by atoms with Gasteiger partial charge in [-0.3, -0.25) is 0 Å². The third-order valence-electron chi connectivity index (χ3n) is 3.92. The molecule has 0 spiro atoms. The number of benzene rings is 1. The zero-order valence-electron chi connectivity index (χ0n) is 11.1. The highest BCUT2D eigenvalue weighted by atomic mass is 15.0. The van der Waals surface area contributed by atoms with Gasteiger partial charge in [-0.05, 0) is 54.2 Å². The van der Waals surface area contributed by atoms with Crippen molar-refractivity contribution >= 4 is 5.57 Å². The molecule has 1 nitrogen and oxygen atoms in total. The number of terminal acetylenes is 1. The van der Waals surface area contributed by atoms with E-state index in [9.17, 15) is 0 Å². The van der Waals surface area contributed by atoms with E-state index in [1.54, 1.807) is 0 Å². The Morgan fingerprint density at radius 2 is 1.95 bits per heavy atom. The van der Waals surface area contributed by atoms with Gasteiger partial charge in [0.15, 0.2) is 0 Å². The molecule has 0 saturated carbocycles. The SMILES string of the molecule is C#C/C=C(/C)c1ccn(C2Cc3ccccc3C2)c1. The maximum absolute atomic E-state index is 5.32. The van der Waals surface area contributed by atoms with Crippen LogP contribution in [-0.2, 0) is 12.8 Å². The van der Waals surface area contributed by atoms with Crippen molar-refractivity contribution in [1.29, 1.82) is 0 Å². The summed E-state index contributed by atoms with van der Waals surface area (Å²) >= 11 is 0. The van der Waals surface area contributed by atoms with Crippen LogP contribution in [0.25, 0.3) is 5.57 Å². The number of rotatable bonds is 2. The summed E-state index contributed by atoms with van der Waals surface area (Å²) in [5.74, 6) is 2.59. The summed E-state index contributed by atoms with van der Waals surface area (Å²) in [6, 6.07) is 11.4. The van der Waals surface area contributed by atoms with Crippen molar-refractivity contribution in [3.8, 4) is 12.3 Å². The van der Waals surface area contributed by atoms with Gasteiger partial charge in [0.2, 0.25) is 0 Å². The maximum atomic E-state index is 5.32. The third kappa shape index (κ3) is 2.22. The lowest BCUT2D eigenvalue weighted by molar-refractivity contribution is 0.531. The van der Waals surface area contributed by atoms with Gasteiger partial charge in [-0.1, -0.05) is 30.2 Å². The molecule has 0 amide bonds. The quantitative estimate of drug-likeness (QED) is 0.710. The van der Waals surface area contributed by atoms with Crippen molar-refractivity contribution in [2.45, 2.75) is 25.8 Å². The van der Waals surface area contributed by atoms with Crippen molar-refractivity contribution in [1.82, 2.24) is 4.57 Å². The Morgan fingerprint density at radius 1 is 1.26 bits per heavy atom. The van der Waals surface area contributed by atoms with Crippen LogP contribution in [0, 0.1) is 12.3 Å². The van der Waals surface area contributed by atoms with E-state index < -0.39 is 0 Å². The summed E-state index contributed by atoms with van der Waals surface area (Å²) in [5, 5.41) is 0. The molecule has 0 unspecified atom stereocenters. The van der Waals surface area contributed by atoms with Gasteiger partial charge in [0.25, 0.3) is 0 Å². The minimum Gasteiger partial charge on any atom is -0.350 e. The average molecular weight is 247 g/mol. The number of aromatic nitrogens is 1. The molecule has 0 bridgehead atoms. The first kappa shape index (κ1) is 11.9. The maximum Gasteiger partial charge on any atom is 0.0411 e. The molecule has 0 fully saturated rings. The topological polar surface area (TPSA) is 4.93 Å². The van der Waals surface area contributed by atoms with Gasteiger partial charge in [-0.15, -0.1) is 6.42 Å². The molecule has 0 aliphatic heterocycles. The Bertz CT molecular complexity index is 642. The molecule has 1 heterocycles. The molecule has 2 aromatic rings. The summed E-state index contributed by atoms with van der Waals surface area (Å²) < 4.78 is 2.32. The molecule has 1 aliphatic rings. The second-order valence-electron chi connectivity index (χ2n) is 5.17. The van der Waals surface area contributed by atoms with Gasteiger partial charge in [0.1, 0.15) is 0 Å². The summed E-state index contributed by atoms with van der Waals surface area (Å²) in [5.41, 5.74) is 5.34. The van der Waals surface area contributed by atoms with Crippen LogP contribution in [0.2, 0.25) is 0 Å². The Morgan fingerprint density at radius 3 is 2.58 bits per heavy atom. The standard InChI is InChI=1S/C18H17N/c1-3-6-14(2)17-9-10-19(13-17)18-11-15-7-4-5-8-16(15)12-18/h1,4-10,13,18H,11-12H2,2H3/b14-6-. The Labute approximate surface area is 114 Å². The van der Waals surface area contributed by atoms with Gasteiger partial charge in [0.05, 0.1) is 0 Å². The largest absolute Gasteiger partial charge is 0.350 e. The molecule has 94 valence electrons. The van der Waals surface area contributed by atoms with E-state index in [4.69, 9.17) is 6.42 Å². The van der Waals surface area contributed by atoms with E-state index in [2.05, 4.69) is 60.1 Å². The molecule has 0 N–H and O–H groups in total. The van der Waals surface area contributed by atoms with Crippen LogP contribution in [0.15, 0.2) is 48.8 Å². The number of allylic oxidation sites excluding steroid dienone is 2. The lowest BCUT2D eigenvalue weighted by Gasteiger charge is -2.11. The number of hydrogen-bond acceptors (Lipinski definition) is 0. The number of nitrogens with zero attached hydrogens (tertiary/aromatic N) is 1. The smallest absolute Gasteiger partial charge is 0.0411 e. The van der Waals surface area contributed by atoms with Crippen LogP contribution in [-0.4, -0.2) is 4.57 Å². The van der Waals surface area contributed by atoms with Crippen molar-refractivity contribution in [2.75, 3.05) is 0 Å². The van der Waals surface area contributed by atoms with Crippen LogP contribution in [0.5, 0.6) is 0 Å². The molecule has 0 atom stereocenters. The first-order valence-corrected chi connectivity index (χ1v) is 6.65. The molecule has 19 heavy (non-hydrogen) atoms. The van der Waals surface area contributed by atoms with E-state index in [-0.39, 0.29) is 0 Å². The Balaban J connectivity index is 1.83. The lowest BCUT2D eigenvalue weighted by Crippen LogP contribution is -2.06. The van der Waals surface area contributed by atoms with E-state index in [0.717, 1.165) is 18.4 Å². The van der Waals surface area contributed by atoms with Crippen LogP contribution in [0.1, 0.15) is 29.7 Å². The van der Waals surface area contributed by atoms with E-state index in [1.807, 2.05) is 6.08 Å². The van der Waals surface area contributed by atoms with Crippen LogP contribution in [0.3, 0.4) is 0 Å². The average Bonchev–Trinajstić information content (AvgIpc) is 3.05. The summed E-state index contributed by atoms with van der Waals surface area (Å²) in [4.78, 5) is 0. The fourth-order valence-electron chi connectivity index (χ4n) is 2.83. The molecule has 1 heteroatoms. The second kappa shape index (κ2) is 4.82. The van der Waals surface area contributed by atoms with Crippen LogP contribution < -0.4 is 0 Å². The highest BCUT2D eigenvalue weighted by molar-refractivity contribution is 5.65. The molecular formula is C18H17N. The van der Waals surface area contributed by atoms with Crippen LogP contribution >= 0.6 is 0 Å². The van der Waals surface area contributed by atoms with Gasteiger partial charge >= 0.3 is 0 Å². The number of fused-ring (bicyclic) bond motifs is 1. The highest BCUT2D eigenvalue weighted by Crippen LogP contribution is 2.30. The number of hydrogen-bond donors (Lipinski definition) is 0. The van der Waals surface area contributed by atoms with Crippen LogP contribution in [0.4, 0.5) is 0 Å². The monoisotopic (exact) mass is 247 g/mol. The van der Waals surface area contributed by atoms with E-state index >= 15 is 0 Å². The predicted molar refractivity (Wildman–Crippen MR) is 79.8 cm³/mol. The molecule has 1 aliphatic carbocycles. The Kier molecular flexibility index (Phi) is 3.01. The van der Waals surface area contributed by atoms with Gasteiger partial charge in [0, 0.05) is 18.4 Å². The van der Waals surface area contributed by atoms with Crippen molar-refractivity contribution in [2.24, 2.45) is 0 Å². The molecule has 1 aromatic heterocycles. The van der Waals surface area contributed by atoms with Gasteiger partial charge < -0.3 is 4.57 Å². The first-order chi connectivity index (χ1) is 9.28. The van der Waals surface area contributed by atoms with Crippen molar-refractivity contribution < 1.29 is 0 Å². The fourth-order valence-corrected chi connectivity index (χ4v) is 2.83. The lowest BCUT2D eigenvalue weighted by atomic mass is 10.1. The highest BCUT2D eigenvalue weighted by Gasteiger charge is 2.21. The zero-order valence-corrected chi connectivity index (χ0v) is 11.1. The minimum absolute atomic E-state index is 0.546.